The second-order valence-corrected chi connectivity index (χ2v) is 5.11. The fourth-order valence-electron chi connectivity index (χ4n) is 2.77. The Morgan fingerprint density at radius 2 is 2.00 bits per heavy atom. The monoisotopic (exact) mass is 278 g/mol. The first-order valence-electron chi connectivity index (χ1n) is 6.97. The molecule has 5 heteroatoms. The zero-order valence-corrected chi connectivity index (χ0v) is 11.4. The number of nitrogens with zero attached hydrogens (tertiary/aromatic N) is 3. The third-order valence-electron chi connectivity index (χ3n) is 3.81. The van der Waals surface area contributed by atoms with Crippen molar-refractivity contribution in [2.45, 2.75) is 19.3 Å². The lowest BCUT2D eigenvalue weighted by atomic mass is 10.1. The van der Waals surface area contributed by atoms with Gasteiger partial charge in [-0.15, -0.1) is 0 Å². The fourth-order valence-corrected chi connectivity index (χ4v) is 2.77. The molecule has 0 saturated heterocycles. The second kappa shape index (κ2) is 4.70. The van der Waals surface area contributed by atoms with E-state index < -0.39 is 0 Å². The van der Waals surface area contributed by atoms with E-state index in [-0.39, 0.29) is 0 Å². The van der Waals surface area contributed by atoms with E-state index in [1.54, 1.807) is 12.5 Å². The van der Waals surface area contributed by atoms with Crippen LogP contribution >= 0.6 is 0 Å². The van der Waals surface area contributed by atoms with Gasteiger partial charge in [0.05, 0.1) is 5.69 Å². The third-order valence-corrected chi connectivity index (χ3v) is 3.81. The summed E-state index contributed by atoms with van der Waals surface area (Å²) in [4.78, 5) is 13.0. The highest BCUT2D eigenvalue weighted by molar-refractivity contribution is 5.94. The minimum absolute atomic E-state index is 0.634. The molecule has 0 fully saturated rings. The van der Waals surface area contributed by atoms with E-state index >= 15 is 0 Å². The van der Waals surface area contributed by atoms with E-state index in [2.05, 4.69) is 15.0 Å². The number of hydrogen-bond donors (Lipinski definition) is 1. The van der Waals surface area contributed by atoms with Crippen LogP contribution in [0.25, 0.3) is 10.9 Å². The number of nitrogens with two attached hydrogens (primary N) is 1. The topological polar surface area (TPSA) is 73.9 Å². The molecule has 0 bridgehead atoms. The van der Waals surface area contributed by atoms with Gasteiger partial charge in [-0.1, -0.05) is 0 Å². The van der Waals surface area contributed by atoms with E-state index in [1.165, 1.54) is 0 Å². The first-order chi connectivity index (χ1) is 10.3. The van der Waals surface area contributed by atoms with E-state index in [1.807, 2.05) is 24.3 Å². The van der Waals surface area contributed by atoms with Gasteiger partial charge in [-0.3, -0.25) is 4.98 Å². The van der Waals surface area contributed by atoms with Crippen molar-refractivity contribution in [1.82, 2.24) is 15.0 Å². The molecule has 0 spiro atoms. The summed E-state index contributed by atoms with van der Waals surface area (Å²) in [6, 6.07) is 7.48. The quantitative estimate of drug-likeness (QED) is 0.729. The van der Waals surface area contributed by atoms with Crippen LogP contribution in [0.5, 0.6) is 11.6 Å². The van der Waals surface area contributed by atoms with Crippen LogP contribution in [0.15, 0.2) is 36.8 Å². The Labute approximate surface area is 121 Å². The Balaban J connectivity index is 1.82. The summed E-state index contributed by atoms with van der Waals surface area (Å²) in [5.41, 5.74) is 9.63. The SMILES string of the molecule is Nc1ccc(Oc2ncnc3c2CCC3)c2ncccc12. The highest BCUT2D eigenvalue weighted by Crippen LogP contribution is 2.34. The van der Waals surface area contributed by atoms with Gasteiger partial charge in [0.2, 0.25) is 5.88 Å². The summed E-state index contributed by atoms with van der Waals surface area (Å²) in [7, 11) is 0. The molecule has 21 heavy (non-hydrogen) atoms. The van der Waals surface area contributed by atoms with Crippen molar-refractivity contribution < 1.29 is 4.74 Å². The predicted octanol–water partition coefficient (Wildman–Crippen LogP) is 2.89. The highest BCUT2D eigenvalue weighted by Gasteiger charge is 2.19. The van der Waals surface area contributed by atoms with Crippen LogP contribution in [0, 0.1) is 0 Å². The molecular weight excluding hydrogens is 264 g/mol. The van der Waals surface area contributed by atoms with E-state index in [0.29, 0.717) is 17.3 Å². The number of hydrogen-bond acceptors (Lipinski definition) is 5. The molecule has 2 heterocycles. The Bertz CT molecular complexity index is 832. The van der Waals surface area contributed by atoms with Crippen LogP contribution in [0.2, 0.25) is 0 Å². The van der Waals surface area contributed by atoms with Gasteiger partial charge in [0.25, 0.3) is 0 Å². The summed E-state index contributed by atoms with van der Waals surface area (Å²) in [6.07, 6.45) is 6.36. The van der Waals surface area contributed by atoms with Crippen molar-refractivity contribution in [3.63, 3.8) is 0 Å². The summed E-state index contributed by atoms with van der Waals surface area (Å²) in [5, 5.41) is 0.890. The Kier molecular flexibility index (Phi) is 2.70. The minimum Gasteiger partial charge on any atom is -0.436 e. The number of aromatic nitrogens is 3. The smallest absolute Gasteiger partial charge is 0.225 e. The molecule has 1 aromatic carbocycles. The molecule has 104 valence electrons. The average molecular weight is 278 g/mol. The van der Waals surface area contributed by atoms with Gasteiger partial charge < -0.3 is 10.5 Å². The van der Waals surface area contributed by atoms with Crippen LogP contribution in [-0.4, -0.2) is 15.0 Å². The molecular formula is C16H14N4O. The highest BCUT2D eigenvalue weighted by atomic mass is 16.5. The van der Waals surface area contributed by atoms with Gasteiger partial charge in [0.1, 0.15) is 11.8 Å². The van der Waals surface area contributed by atoms with E-state index in [0.717, 1.165) is 41.4 Å². The van der Waals surface area contributed by atoms with Gasteiger partial charge in [0, 0.05) is 22.8 Å². The average Bonchev–Trinajstić information content (AvgIpc) is 3.00. The summed E-state index contributed by atoms with van der Waals surface area (Å²) >= 11 is 0. The zero-order valence-electron chi connectivity index (χ0n) is 11.4. The summed E-state index contributed by atoms with van der Waals surface area (Å²) in [5.74, 6) is 1.31. The molecule has 0 aliphatic heterocycles. The summed E-state index contributed by atoms with van der Waals surface area (Å²) in [6.45, 7) is 0. The molecule has 0 atom stereocenters. The molecule has 4 rings (SSSR count). The number of nitrogen functional groups attached to an aromatic ring is 1. The van der Waals surface area contributed by atoms with Crippen molar-refractivity contribution >= 4 is 16.6 Å². The molecule has 2 aromatic heterocycles. The van der Waals surface area contributed by atoms with Crippen molar-refractivity contribution in [3.8, 4) is 11.6 Å². The van der Waals surface area contributed by atoms with Gasteiger partial charge >= 0.3 is 0 Å². The molecule has 5 nitrogen and oxygen atoms in total. The van der Waals surface area contributed by atoms with Crippen molar-refractivity contribution in [2.75, 3.05) is 5.73 Å². The molecule has 0 radical (unpaired) electrons. The van der Waals surface area contributed by atoms with Crippen LogP contribution in [-0.2, 0) is 12.8 Å². The van der Waals surface area contributed by atoms with Crippen molar-refractivity contribution in [3.05, 3.63) is 48.0 Å². The van der Waals surface area contributed by atoms with Gasteiger partial charge in [-0.25, -0.2) is 9.97 Å². The van der Waals surface area contributed by atoms with E-state index in [4.69, 9.17) is 10.5 Å². The summed E-state index contributed by atoms with van der Waals surface area (Å²) < 4.78 is 6.02. The maximum atomic E-state index is 6.02. The number of aryl methyl sites for hydroxylation is 1. The lowest BCUT2D eigenvalue weighted by Gasteiger charge is -2.11. The number of pyridine rings is 1. The molecule has 1 aliphatic rings. The Morgan fingerprint density at radius 3 is 2.95 bits per heavy atom. The Morgan fingerprint density at radius 1 is 1.05 bits per heavy atom. The fraction of sp³-hybridized carbons (Fsp3) is 0.188. The largest absolute Gasteiger partial charge is 0.436 e. The van der Waals surface area contributed by atoms with Crippen LogP contribution in [0.1, 0.15) is 17.7 Å². The zero-order chi connectivity index (χ0) is 14.2. The van der Waals surface area contributed by atoms with Crippen molar-refractivity contribution in [1.29, 1.82) is 0 Å². The lowest BCUT2D eigenvalue weighted by Crippen LogP contribution is -1.98. The van der Waals surface area contributed by atoms with Crippen molar-refractivity contribution in [2.24, 2.45) is 0 Å². The number of rotatable bonds is 2. The molecule has 2 N–H and O–H groups in total. The number of benzene rings is 1. The predicted molar refractivity (Wildman–Crippen MR) is 80.3 cm³/mol. The molecule has 0 unspecified atom stereocenters. The molecule has 1 aliphatic carbocycles. The number of fused-ring (bicyclic) bond motifs is 2. The first-order valence-corrected chi connectivity index (χ1v) is 6.97. The standard InChI is InChI=1S/C16H14N4O/c17-12-6-7-14(15-10(12)4-2-8-18-15)21-16-11-3-1-5-13(11)19-9-20-16/h2,4,6-9H,1,3,5,17H2. The maximum absolute atomic E-state index is 6.02. The Hall–Kier alpha value is -2.69. The minimum atomic E-state index is 0.634. The third kappa shape index (κ3) is 1.98. The normalized spacial score (nSPS) is 13.3. The van der Waals surface area contributed by atoms with Crippen LogP contribution in [0.3, 0.4) is 0 Å². The lowest BCUT2D eigenvalue weighted by molar-refractivity contribution is 0.459. The first kappa shape index (κ1) is 12.1. The molecule has 0 amide bonds. The number of anilines is 1. The second-order valence-electron chi connectivity index (χ2n) is 5.11. The van der Waals surface area contributed by atoms with Gasteiger partial charge in [-0.05, 0) is 43.5 Å². The maximum Gasteiger partial charge on any atom is 0.225 e. The van der Waals surface area contributed by atoms with Gasteiger partial charge in [-0.2, -0.15) is 0 Å². The van der Waals surface area contributed by atoms with Gasteiger partial charge in [0.15, 0.2) is 5.75 Å². The number of ether oxygens (including phenoxy) is 1. The van der Waals surface area contributed by atoms with E-state index in [9.17, 15) is 0 Å². The van der Waals surface area contributed by atoms with Crippen LogP contribution < -0.4 is 10.5 Å². The van der Waals surface area contributed by atoms with Crippen LogP contribution in [0.4, 0.5) is 5.69 Å². The molecule has 3 aromatic rings. The molecule has 0 saturated carbocycles.